The minimum atomic E-state index is -0.443. The molecular weight excluding hydrogens is 229 g/mol. The van der Waals surface area contributed by atoms with Gasteiger partial charge in [-0.15, -0.1) is 11.3 Å². The summed E-state index contributed by atoms with van der Waals surface area (Å²) in [6.45, 7) is 0.930. The number of carbonyl (C=O) groups is 1. The third-order valence-electron chi connectivity index (χ3n) is 2.38. The number of amidine groups is 1. The molecule has 1 saturated heterocycles. The zero-order valence-electron chi connectivity index (χ0n) is 8.86. The van der Waals surface area contributed by atoms with Crippen molar-refractivity contribution in [2.45, 2.75) is 12.8 Å². The molecule has 0 unspecified atom stereocenters. The van der Waals surface area contributed by atoms with Crippen molar-refractivity contribution in [1.82, 2.24) is 4.90 Å². The van der Waals surface area contributed by atoms with Crippen LogP contribution in [0.3, 0.4) is 0 Å². The monoisotopic (exact) mass is 241 g/mol. The van der Waals surface area contributed by atoms with Gasteiger partial charge in [-0.2, -0.15) is 9.38 Å². The summed E-state index contributed by atoms with van der Waals surface area (Å²) < 4.78 is 12.7. The molecule has 16 heavy (non-hydrogen) atoms. The Kier molecular flexibility index (Phi) is 3.19. The number of likely N-dealkylation sites (tertiary alicyclic amines) is 1. The van der Waals surface area contributed by atoms with Crippen LogP contribution in [-0.2, 0) is 0 Å². The molecule has 1 aromatic heterocycles. The van der Waals surface area contributed by atoms with Crippen molar-refractivity contribution in [1.29, 1.82) is 0 Å². The van der Waals surface area contributed by atoms with Gasteiger partial charge in [-0.3, -0.25) is 0 Å². The Morgan fingerprint density at radius 2 is 2.50 bits per heavy atom. The molecule has 2 amide bonds. The maximum atomic E-state index is 12.7. The van der Waals surface area contributed by atoms with E-state index in [0.717, 1.165) is 36.6 Å². The fraction of sp³-hybridized carbons (Fsp3) is 0.400. The molecule has 86 valence electrons. The van der Waals surface area contributed by atoms with E-state index in [0.29, 0.717) is 5.69 Å². The highest BCUT2D eigenvalue weighted by molar-refractivity contribution is 7.08. The minimum Gasteiger partial charge on any atom is -0.363 e. The number of hydrogen-bond acceptors (Lipinski definition) is 2. The number of nitrogens with one attached hydrogen (secondary N) is 1. The van der Waals surface area contributed by atoms with Gasteiger partial charge in [-0.05, 0) is 6.42 Å². The molecule has 0 bridgehead atoms. The number of halogens is 1. The van der Waals surface area contributed by atoms with Gasteiger partial charge in [0.2, 0.25) is 0 Å². The van der Waals surface area contributed by atoms with Gasteiger partial charge in [-0.25, -0.2) is 4.79 Å². The van der Waals surface area contributed by atoms with Gasteiger partial charge in [0.05, 0.1) is 5.69 Å². The Hall–Kier alpha value is -1.43. The lowest BCUT2D eigenvalue weighted by Gasteiger charge is -2.10. The Labute approximate surface area is 96.8 Å². The van der Waals surface area contributed by atoms with Crippen molar-refractivity contribution in [2.24, 2.45) is 4.99 Å². The molecule has 4 nitrogen and oxygen atoms in total. The van der Waals surface area contributed by atoms with Gasteiger partial charge >= 0.3 is 6.03 Å². The van der Waals surface area contributed by atoms with E-state index < -0.39 is 6.03 Å². The van der Waals surface area contributed by atoms with E-state index in [1.807, 2.05) is 11.9 Å². The van der Waals surface area contributed by atoms with Crippen molar-refractivity contribution in [3.05, 3.63) is 16.6 Å². The maximum absolute atomic E-state index is 12.7. The van der Waals surface area contributed by atoms with E-state index in [2.05, 4.69) is 10.3 Å². The Morgan fingerprint density at radius 3 is 3.06 bits per heavy atom. The van der Waals surface area contributed by atoms with Crippen LogP contribution in [0.25, 0.3) is 0 Å². The average molecular weight is 241 g/mol. The SMILES string of the molecule is CN1CCCC1=NC(=O)Nc1csc(F)c1. The van der Waals surface area contributed by atoms with Gasteiger partial charge in [-0.1, -0.05) is 0 Å². The molecule has 1 N–H and O–H groups in total. The van der Waals surface area contributed by atoms with Crippen molar-refractivity contribution in [3.63, 3.8) is 0 Å². The highest BCUT2D eigenvalue weighted by Crippen LogP contribution is 2.17. The van der Waals surface area contributed by atoms with Crippen LogP contribution >= 0.6 is 11.3 Å². The third kappa shape index (κ3) is 2.57. The first-order valence-corrected chi connectivity index (χ1v) is 5.87. The number of amides is 2. The lowest BCUT2D eigenvalue weighted by molar-refractivity contribution is 0.259. The van der Waals surface area contributed by atoms with Crippen LogP contribution in [0.2, 0.25) is 0 Å². The quantitative estimate of drug-likeness (QED) is 0.821. The molecule has 0 aliphatic carbocycles. The number of rotatable bonds is 1. The van der Waals surface area contributed by atoms with E-state index in [9.17, 15) is 9.18 Å². The Balaban J connectivity index is 1.98. The number of nitrogens with zero attached hydrogens (tertiary/aromatic N) is 2. The third-order valence-corrected chi connectivity index (χ3v) is 3.10. The Bertz CT molecular complexity index is 429. The van der Waals surface area contributed by atoms with Crippen LogP contribution in [0.15, 0.2) is 16.4 Å². The number of thiophene rings is 1. The van der Waals surface area contributed by atoms with Crippen molar-refractivity contribution in [2.75, 3.05) is 18.9 Å². The second-order valence-electron chi connectivity index (χ2n) is 3.62. The van der Waals surface area contributed by atoms with Crippen LogP contribution in [-0.4, -0.2) is 30.4 Å². The van der Waals surface area contributed by atoms with Gasteiger partial charge < -0.3 is 10.2 Å². The molecule has 1 aromatic rings. The highest BCUT2D eigenvalue weighted by Gasteiger charge is 2.15. The standard InChI is InChI=1S/C10H12FN3OS/c1-14-4-2-3-9(14)13-10(15)12-7-5-8(11)16-6-7/h5-6H,2-4H2,1H3,(H,12,15). The molecule has 6 heteroatoms. The predicted octanol–water partition coefficient (Wildman–Crippen LogP) is 2.54. The predicted molar refractivity (Wildman–Crippen MR) is 62.6 cm³/mol. The summed E-state index contributed by atoms with van der Waals surface area (Å²) in [5.74, 6) is 0.785. The number of hydrogen-bond donors (Lipinski definition) is 1. The summed E-state index contributed by atoms with van der Waals surface area (Å²) in [4.78, 5) is 17.4. The highest BCUT2D eigenvalue weighted by atomic mass is 32.1. The van der Waals surface area contributed by atoms with Gasteiger partial charge in [0.1, 0.15) is 5.84 Å². The molecule has 2 heterocycles. The average Bonchev–Trinajstić information content (AvgIpc) is 2.77. The van der Waals surface area contributed by atoms with Crippen LogP contribution in [0.5, 0.6) is 0 Å². The van der Waals surface area contributed by atoms with E-state index in [1.165, 1.54) is 6.07 Å². The fourth-order valence-electron chi connectivity index (χ4n) is 1.58. The summed E-state index contributed by atoms with van der Waals surface area (Å²) in [5, 5.41) is 3.76. The second-order valence-corrected chi connectivity index (χ2v) is 4.48. The zero-order valence-corrected chi connectivity index (χ0v) is 9.68. The summed E-state index contributed by atoms with van der Waals surface area (Å²) >= 11 is 0.949. The summed E-state index contributed by atoms with van der Waals surface area (Å²) in [6.07, 6.45) is 1.84. The molecule has 0 aromatic carbocycles. The molecule has 0 saturated carbocycles. The van der Waals surface area contributed by atoms with Crippen molar-refractivity contribution in [3.8, 4) is 0 Å². The molecular formula is C10H12FN3OS. The van der Waals surface area contributed by atoms with Crippen molar-refractivity contribution >= 4 is 28.9 Å². The summed E-state index contributed by atoms with van der Waals surface area (Å²) in [6, 6.07) is 0.836. The molecule has 0 spiro atoms. The Morgan fingerprint density at radius 1 is 1.69 bits per heavy atom. The molecule has 0 radical (unpaired) electrons. The van der Waals surface area contributed by atoms with E-state index in [-0.39, 0.29) is 5.13 Å². The lowest BCUT2D eigenvalue weighted by Crippen LogP contribution is -2.21. The number of aliphatic imine (C=N–C) groups is 1. The van der Waals surface area contributed by atoms with Crippen LogP contribution in [0.4, 0.5) is 14.9 Å². The second kappa shape index (κ2) is 4.61. The summed E-state index contributed by atoms with van der Waals surface area (Å²) in [5.41, 5.74) is 0.456. The van der Waals surface area contributed by atoms with E-state index in [1.54, 1.807) is 5.38 Å². The first-order chi connectivity index (χ1) is 7.65. The lowest BCUT2D eigenvalue weighted by atomic mass is 10.4. The fourth-order valence-corrected chi connectivity index (χ4v) is 2.14. The van der Waals surface area contributed by atoms with Gasteiger partial charge in [0, 0.05) is 31.5 Å². The van der Waals surface area contributed by atoms with Crippen LogP contribution in [0, 0.1) is 5.13 Å². The van der Waals surface area contributed by atoms with E-state index in [4.69, 9.17) is 0 Å². The maximum Gasteiger partial charge on any atom is 0.347 e. The smallest absolute Gasteiger partial charge is 0.347 e. The topological polar surface area (TPSA) is 44.7 Å². The molecule has 2 rings (SSSR count). The number of anilines is 1. The zero-order chi connectivity index (χ0) is 11.5. The van der Waals surface area contributed by atoms with Gasteiger partial charge in [0.25, 0.3) is 0 Å². The first kappa shape index (κ1) is 11.1. The summed E-state index contributed by atoms with van der Waals surface area (Å²) in [7, 11) is 1.91. The number of urea groups is 1. The van der Waals surface area contributed by atoms with Crippen LogP contribution < -0.4 is 5.32 Å². The molecule has 1 fully saturated rings. The molecule has 0 atom stereocenters. The molecule has 1 aliphatic heterocycles. The van der Waals surface area contributed by atoms with Crippen molar-refractivity contribution < 1.29 is 9.18 Å². The number of carbonyl (C=O) groups excluding carboxylic acids is 1. The van der Waals surface area contributed by atoms with Gasteiger partial charge in [0.15, 0.2) is 5.13 Å². The minimum absolute atomic E-state index is 0.319. The normalized spacial score (nSPS) is 18.1. The van der Waals surface area contributed by atoms with Crippen LogP contribution in [0.1, 0.15) is 12.8 Å². The molecule has 1 aliphatic rings. The first-order valence-electron chi connectivity index (χ1n) is 4.99. The largest absolute Gasteiger partial charge is 0.363 e. The van der Waals surface area contributed by atoms with E-state index >= 15 is 0 Å².